The Labute approximate surface area is 157 Å². The Morgan fingerprint density at radius 2 is 1.73 bits per heavy atom. The number of hydrogen-bond donors (Lipinski definition) is 1. The number of rotatable bonds is 13. The molecule has 0 saturated heterocycles. The minimum absolute atomic E-state index is 0.0806. The fourth-order valence-corrected chi connectivity index (χ4v) is 2.56. The number of carbonyl (C=O) groups excluding carboxylic acids is 2. The SMILES string of the molecule is CCCCOC(=O)CC(CCCC)C(=O)OCNC(C)c1ccccc1. The molecule has 0 bridgehead atoms. The smallest absolute Gasteiger partial charge is 0.310 e. The van der Waals surface area contributed by atoms with Crippen molar-refractivity contribution in [1.29, 1.82) is 0 Å². The topological polar surface area (TPSA) is 64.6 Å². The number of ether oxygens (including phenoxy) is 2. The summed E-state index contributed by atoms with van der Waals surface area (Å²) in [6.07, 6.45) is 4.41. The molecule has 1 N–H and O–H groups in total. The quantitative estimate of drug-likeness (QED) is 0.320. The van der Waals surface area contributed by atoms with Crippen molar-refractivity contribution < 1.29 is 19.1 Å². The second-order valence-electron chi connectivity index (χ2n) is 6.56. The molecule has 5 heteroatoms. The van der Waals surface area contributed by atoms with Crippen molar-refractivity contribution in [3.8, 4) is 0 Å². The molecular formula is C21H33NO4. The lowest BCUT2D eigenvalue weighted by molar-refractivity contribution is -0.156. The molecule has 5 nitrogen and oxygen atoms in total. The first-order valence-corrected chi connectivity index (χ1v) is 9.69. The van der Waals surface area contributed by atoms with Gasteiger partial charge in [-0.15, -0.1) is 0 Å². The molecule has 26 heavy (non-hydrogen) atoms. The Morgan fingerprint density at radius 3 is 2.38 bits per heavy atom. The summed E-state index contributed by atoms with van der Waals surface area (Å²) in [5.74, 6) is -1.08. The van der Waals surface area contributed by atoms with Crippen molar-refractivity contribution in [2.45, 2.75) is 65.3 Å². The van der Waals surface area contributed by atoms with E-state index in [1.54, 1.807) is 0 Å². The molecule has 2 atom stereocenters. The highest BCUT2D eigenvalue weighted by Gasteiger charge is 2.24. The molecule has 0 amide bonds. The van der Waals surface area contributed by atoms with Gasteiger partial charge in [-0.2, -0.15) is 0 Å². The van der Waals surface area contributed by atoms with Crippen LogP contribution in [-0.2, 0) is 19.1 Å². The molecule has 0 fully saturated rings. The lowest BCUT2D eigenvalue weighted by atomic mass is 9.99. The van der Waals surface area contributed by atoms with Gasteiger partial charge in [0.25, 0.3) is 0 Å². The number of unbranched alkanes of at least 4 members (excludes halogenated alkanes) is 2. The van der Waals surface area contributed by atoms with E-state index in [0.29, 0.717) is 13.0 Å². The highest BCUT2D eigenvalue weighted by molar-refractivity contribution is 5.79. The summed E-state index contributed by atoms with van der Waals surface area (Å²) in [6.45, 7) is 6.66. The van der Waals surface area contributed by atoms with Gasteiger partial charge in [-0.3, -0.25) is 14.9 Å². The third-order valence-electron chi connectivity index (χ3n) is 4.32. The van der Waals surface area contributed by atoms with Crippen LogP contribution in [0.15, 0.2) is 30.3 Å². The van der Waals surface area contributed by atoms with Gasteiger partial charge in [0.15, 0.2) is 0 Å². The van der Waals surface area contributed by atoms with Crippen molar-refractivity contribution in [3.63, 3.8) is 0 Å². The highest BCUT2D eigenvalue weighted by atomic mass is 16.5. The third-order valence-corrected chi connectivity index (χ3v) is 4.32. The number of carbonyl (C=O) groups is 2. The van der Waals surface area contributed by atoms with Gasteiger partial charge in [0.05, 0.1) is 18.9 Å². The molecule has 146 valence electrons. The first kappa shape index (κ1) is 22.2. The predicted molar refractivity (Wildman–Crippen MR) is 102 cm³/mol. The Hall–Kier alpha value is -1.88. The van der Waals surface area contributed by atoms with Crippen LogP contribution in [0.2, 0.25) is 0 Å². The number of nitrogens with one attached hydrogen (secondary N) is 1. The van der Waals surface area contributed by atoms with Crippen LogP contribution in [0.3, 0.4) is 0 Å². The monoisotopic (exact) mass is 363 g/mol. The van der Waals surface area contributed by atoms with Gasteiger partial charge in [0, 0.05) is 6.04 Å². The molecule has 0 radical (unpaired) electrons. The molecule has 0 aliphatic rings. The zero-order chi connectivity index (χ0) is 19.2. The summed E-state index contributed by atoms with van der Waals surface area (Å²) >= 11 is 0. The van der Waals surface area contributed by atoms with E-state index in [0.717, 1.165) is 31.2 Å². The molecule has 0 aliphatic heterocycles. The zero-order valence-electron chi connectivity index (χ0n) is 16.3. The standard InChI is InChI=1S/C21H33NO4/c1-4-6-11-19(15-20(23)25-14-7-5-2)21(24)26-16-22-17(3)18-12-9-8-10-13-18/h8-10,12-13,17,19,22H,4-7,11,14-16H2,1-3H3. The van der Waals surface area contributed by atoms with Gasteiger partial charge in [-0.25, -0.2) is 0 Å². The Kier molecular flexibility index (Phi) is 11.4. The summed E-state index contributed by atoms with van der Waals surface area (Å²) in [5, 5.41) is 3.18. The fraction of sp³-hybridized carbons (Fsp3) is 0.619. The van der Waals surface area contributed by atoms with E-state index in [4.69, 9.17) is 9.47 Å². The van der Waals surface area contributed by atoms with E-state index in [9.17, 15) is 9.59 Å². The van der Waals surface area contributed by atoms with Crippen LogP contribution in [0, 0.1) is 5.92 Å². The molecular weight excluding hydrogens is 330 g/mol. The van der Waals surface area contributed by atoms with Crippen molar-refractivity contribution in [2.75, 3.05) is 13.3 Å². The Morgan fingerprint density at radius 1 is 1.04 bits per heavy atom. The summed E-state index contributed by atoms with van der Waals surface area (Å²) < 4.78 is 10.5. The summed E-state index contributed by atoms with van der Waals surface area (Å²) in [4.78, 5) is 24.3. The summed E-state index contributed by atoms with van der Waals surface area (Å²) in [7, 11) is 0. The molecule has 0 aromatic heterocycles. The van der Waals surface area contributed by atoms with Crippen molar-refractivity contribution in [1.82, 2.24) is 5.32 Å². The lowest BCUT2D eigenvalue weighted by Crippen LogP contribution is -2.28. The molecule has 2 unspecified atom stereocenters. The molecule has 1 rings (SSSR count). The molecule has 0 aliphatic carbocycles. The Bertz CT molecular complexity index is 518. The van der Waals surface area contributed by atoms with Crippen molar-refractivity contribution in [3.05, 3.63) is 35.9 Å². The van der Waals surface area contributed by atoms with Gasteiger partial charge in [-0.1, -0.05) is 63.4 Å². The average molecular weight is 363 g/mol. The van der Waals surface area contributed by atoms with Crippen LogP contribution in [0.1, 0.15) is 70.9 Å². The maximum atomic E-state index is 12.4. The maximum absolute atomic E-state index is 12.4. The highest BCUT2D eigenvalue weighted by Crippen LogP contribution is 2.16. The Balaban J connectivity index is 2.42. The lowest BCUT2D eigenvalue weighted by Gasteiger charge is -2.18. The van der Waals surface area contributed by atoms with E-state index in [1.165, 1.54) is 0 Å². The van der Waals surface area contributed by atoms with Crippen LogP contribution >= 0.6 is 0 Å². The first-order valence-electron chi connectivity index (χ1n) is 9.69. The van der Waals surface area contributed by atoms with Crippen LogP contribution in [0.5, 0.6) is 0 Å². The number of benzene rings is 1. The van der Waals surface area contributed by atoms with E-state index < -0.39 is 5.92 Å². The minimum atomic E-state index is -0.432. The molecule has 1 aromatic rings. The molecule has 1 aromatic carbocycles. The van der Waals surface area contributed by atoms with Gasteiger partial charge in [0.2, 0.25) is 0 Å². The van der Waals surface area contributed by atoms with Gasteiger partial charge >= 0.3 is 11.9 Å². The van der Waals surface area contributed by atoms with E-state index in [2.05, 4.69) is 12.2 Å². The molecule has 0 saturated carbocycles. The predicted octanol–water partition coefficient (Wildman–Crippen LogP) is 4.38. The second-order valence-corrected chi connectivity index (χ2v) is 6.56. The van der Waals surface area contributed by atoms with Crippen LogP contribution in [0.4, 0.5) is 0 Å². The van der Waals surface area contributed by atoms with Crippen molar-refractivity contribution >= 4 is 11.9 Å². The van der Waals surface area contributed by atoms with Crippen molar-refractivity contribution in [2.24, 2.45) is 5.92 Å². The number of hydrogen-bond acceptors (Lipinski definition) is 5. The molecule has 0 heterocycles. The van der Waals surface area contributed by atoms with E-state index in [1.807, 2.05) is 44.2 Å². The van der Waals surface area contributed by atoms with E-state index >= 15 is 0 Å². The maximum Gasteiger partial charge on any atom is 0.310 e. The zero-order valence-corrected chi connectivity index (χ0v) is 16.3. The van der Waals surface area contributed by atoms with Crippen LogP contribution < -0.4 is 5.32 Å². The van der Waals surface area contributed by atoms with Gasteiger partial charge < -0.3 is 9.47 Å². The van der Waals surface area contributed by atoms with Crippen LogP contribution in [0.25, 0.3) is 0 Å². The number of esters is 2. The first-order chi connectivity index (χ1) is 12.6. The largest absolute Gasteiger partial charge is 0.466 e. The van der Waals surface area contributed by atoms with Gasteiger partial charge in [-0.05, 0) is 25.3 Å². The fourth-order valence-electron chi connectivity index (χ4n) is 2.56. The normalized spacial score (nSPS) is 13.0. The summed E-state index contributed by atoms with van der Waals surface area (Å²) in [5.41, 5.74) is 1.13. The average Bonchev–Trinajstić information content (AvgIpc) is 2.65. The van der Waals surface area contributed by atoms with Gasteiger partial charge in [0.1, 0.15) is 6.73 Å². The summed E-state index contributed by atoms with van der Waals surface area (Å²) in [6, 6.07) is 10.0. The molecule has 0 spiro atoms. The minimum Gasteiger partial charge on any atom is -0.466 e. The third kappa shape index (κ3) is 8.99. The van der Waals surface area contributed by atoms with Crippen LogP contribution in [-0.4, -0.2) is 25.3 Å². The van der Waals surface area contributed by atoms with E-state index in [-0.39, 0.29) is 31.1 Å². The second kappa shape index (κ2) is 13.3.